The monoisotopic (exact) mass is 685 g/mol. The third-order valence-corrected chi connectivity index (χ3v) is 9.20. The van der Waals surface area contributed by atoms with Gasteiger partial charge in [-0.25, -0.2) is 0 Å². The van der Waals surface area contributed by atoms with E-state index in [-0.39, 0.29) is 30.8 Å². The van der Waals surface area contributed by atoms with Gasteiger partial charge in [0.05, 0.1) is 31.0 Å². The zero-order valence-corrected chi connectivity index (χ0v) is 32.9. The number of rotatable bonds is 36. The Bertz CT molecular complexity index is 736. The van der Waals surface area contributed by atoms with E-state index < -0.39 is 11.7 Å². The van der Waals surface area contributed by atoms with Crippen LogP contribution in [0, 0.1) is 0 Å². The highest BCUT2D eigenvalue weighted by atomic mass is 16.6. The van der Waals surface area contributed by atoms with E-state index in [4.69, 9.17) is 23.7 Å². The summed E-state index contributed by atoms with van der Waals surface area (Å²) in [6, 6.07) is 0. The first kappa shape index (κ1) is 46.8. The molecule has 7 nitrogen and oxygen atoms in total. The molecule has 0 fully saturated rings. The Morgan fingerprint density at radius 1 is 0.542 bits per heavy atom. The van der Waals surface area contributed by atoms with Gasteiger partial charge in [-0.2, -0.15) is 0 Å². The molecule has 0 rings (SSSR count). The molecule has 0 aliphatic heterocycles. The Morgan fingerprint density at radius 2 is 0.958 bits per heavy atom. The predicted molar refractivity (Wildman–Crippen MR) is 200 cm³/mol. The lowest BCUT2D eigenvalue weighted by molar-refractivity contribution is -0.165. The number of hydrogen-bond acceptors (Lipinski definition) is 7. The molecule has 1 unspecified atom stereocenters. The molecule has 0 aliphatic rings. The molecule has 0 bridgehead atoms. The molecule has 0 spiro atoms. The maximum absolute atomic E-state index is 12.7. The molecule has 48 heavy (non-hydrogen) atoms. The van der Waals surface area contributed by atoms with Crippen LogP contribution in [-0.4, -0.2) is 62.8 Å². The van der Waals surface area contributed by atoms with Crippen molar-refractivity contribution >= 4 is 11.9 Å². The molecular formula is C41H80O7. The van der Waals surface area contributed by atoms with Gasteiger partial charge in [-0.3, -0.25) is 9.59 Å². The zero-order valence-electron chi connectivity index (χ0n) is 32.9. The largest absolute Gasteiger partial charge is 0.462 e. The number of esters is 2. The van der Waals surface area contributed by atoms with Crippen LogP contribution in [0.15, 0.2) is 0 Å². The Labute approximate surface area is 297 Å². The molecule has 0 radical (unpaired) electrons. The van der Waals surface area contributed by atoms with E-state index in [1.54, 1.807) is 7.11 Å². The highest BCUT2D eigenvalue weighted by Gasteiger charge is 2.24. The molecule has 0 amide bonds. The molecule has 0 saturated carbocycles. The van der Waals surface area contributed by atoms with E-state index in [9.17, 15) is 9.59 Å². The zero-order chi connectivity index (χ0) is 35.8. The summed E-state index contributed by atoms with van der Waals surface area (Å²) in [4.78, 5) is 25.2. The summed E-state index contributed by atoms with van der Waals surface area (Å²) >= 11 is 0. The average Bonchev–Trinajstić information content (AvgIpc) is 3.04. The topological polar surface area (TPSA) is 80.3 Å². The minimum absolute atomic E-state index is 0.0180. The minimum atomic E-state index is -0.630. The smallest absolute Gasteiger partial charge is 0.306 e. The summed E-state index contributed by atoms with van der Waals surface area (Å²) in [6.45, 7) is 13.6. The van der Waals surface area contributed by atoms with Crippen molar-refractivity contribution in [2.24, 2.45) is 0 Å². The standard InChI is InChI=1S/C41H80O7/c1-8-10-12-14-16-18-20-22-24-26-28-30-38(42)46-35-37(34-45-36-41(5,6)47-33-32-40(3,4)44-7)48-39(43)31-29-27-25-23-21-19-17-15-13-11-9-2/h37H,8-36H2,1-7H3. The van der Waals surface area contributed by atoms with Crippen LogP contribution in [0.5, 0.6) is 0 Å². The predicted octanol–water partition coefficient (Wildman–Crippen LogP) is 11.5. The van der Waals surface area contributed by atoms with Crippen molar-refractivity contribution in [2.45, 2.75) is 219 Å². The lowest BCUT2D eigenvalue weighted by Crippen LogP contribution is -2.36. The quantitative estimate of drug-likeness (QED) is 0.0480. The molecule has 0 aliphatic carbocycles. The number of carbonyl (C=O) groups is 2. The third-order valence-electron chi connectivity index (χ3n) is 9.20. The fraction of sp³-hybridized carbons (Fsp3) is 0.951. The molecule has 0 saturated heterocycles. The molecule has 0 aromatic rings. The van der Waals surface area contributed by atoms with E-state index in [1.165, 1.54) is 103 Å². The Morgan fingerprint density at radius 3 is 1.40 bits per heavy atom. The Balaban J connectivity index is 4.47. The van der Waals surface area contributed by atoms with E-state index in [0.29, 0.717) is 26.1 Å². The summed E-state index contributed by atoms with van der Waals surface area (Å²) in [5, 5.41) is 0. The number of unbranched alkanes of at least 4 members (excludes halogenated alkanes) is 20. The van der Waals surface area contributed by atoms with Crippen molar-refractivity contribution in [1.29, 1.82) is 0 Å². The van der Waals surface area contributed by atoms with Gasteiger partial charge in [0.1, 0.15) is 6.61 Å². The minimum Gasteiger partial charge on any atom is -0.462 e. The Kier molecular flexibility index (Phi) is 31.0. The SMILES string of the molecule is CCCCCCCCCCCCCC(=O)OCC(COCC(C)(C)OCCC(C)(C)OC)OC(=O)CCCCCCCCCCCCC. The Hall–Kier alpha value is -1.18. The van der Waals surface area contributed by atoms with Gasteiger partial charge < -0.3 is 23.7 Å². The van der Waals surface area contributed by atoms with Crippen LogP contribution in [0.1, 0.15) is 202 Å². The van der Waals surface area contributed by atoms with Gasteiger partial charge in [-0.15, -0.1) is 0 Å². The van der Waals surface area contributed by atoms with Crippen LogP contribution in [0.25, 0.3) is 0 Å². The van der Waals surface area contributed by atoms with Crippen molar-refractivity contribution in [3.05, 3.63) is 0 Å². The first-order valence-electron chi connectivity index (χ1n) is 20.2. The normalized spacial score (nSPS) is 12.7. The lowest BCUT2D eigenvalue weighted by Gasteiger charge is -2.29. The van der Waals surface area contributed by atoms with Gasteiger partial charge in [0.2, 0.25) is 0 Å². The molecule has 0 heterocycles. The van der Waals surface area contributed by atoms with Crippen LogP contribution < -0.4 is 0 Å². The van der Waals surface area contributed by atoms with Gasteiger partial charge in [-0.05, 0) is 47.0 Å². The summed E-state index contributed by atoms with van der Waals surface area (Å²) in [6.07, 6.45) is 28.1. The van der Waals surface area contributed by atoms with Gasteiger partial charge in [0.15, 0.2) is 6.10 Å². The van der Waals surface area contributed by atoms with Crippen LogP contribution in [0.2, 0.25) is 0 Å². The van der Waals surface area contributed by atoms with Crippen LogP contribution in [0.3, 0.4) is 0 Å². The first-order valence-corrected chi connectivity index (χ1v) is 20.2. The van der Waals surface area contributed by atoms with Gasteiger partial charge >= 0.3 is 11.9 Å². The van der Waals surface area contributed by atoms with Crippen LogP contribution >= 0.6 is 0 Å². The maximum Gasteiger partial charge on any atom is 0.306 e. The highest BCUT2D eigenvalue weighted by molar-refractivity contribution is 5.70. The summed E-state index contributed by atoms with van der Waals surface area (Å²) < 4.78 is 28.8. The van der Waals surface area contributed by atoms with Crippen molar-refractivity contribution in [3.8, 4) is 0 Å². The molecule has 0 aromatic heterocycles. The second-order valence-corrected chi connectivity index (χ2v) is 15.2. The summed E-state index contributed by atoms with van der Waals surface area (Å²) in [5.74, 6) is -0.486. The van der Waals surface area contributed by atoms with E-state index in [2.05, 4.69) is 13.8 Å². The third kappa shape index (κ3) is 32.0. The van der Waals surface area contributed by atoms with Gasteiger partial charge in [-0.1, -0.05) is 142 Å². The molecule has 0 aromatic carbocycles. The number of methoxy groups -OCH3 is 1. The number of ether oxygens (including phenoxy) is 5. The molecule has 0 N–H and O–H groups in total. The lowest BCUT2D eigenvalue weighted by atomic mass is 10.1. The number of carbonyl (C=O) groups excluding carboxylic acids is 2. The molecule has 7 heteroatoms. The second-order valence-electron chi connectivity index (χ2n) is 15.2. The van der Waals surface area contributed by atoms with E-state index >= 15 is 0 Å². The van der Waals surface area contributed by atoms with Crippen molar-refractivity contribution in [1.82, 2.24) is 0 Å². The summed E-state index contributed by atoms with van der Waals surface area (Å²) in [5.41, 5.74) is -0.763. The van der Waals surface area contributed by atoms with Crippen molar-refractivity contribution < 1.29 is 33.3 Å². The first-order chi connectivity index (χ1) is 23.0. The average molecular weight is 685 g/mol. The fourth-order valence-corrected chi connectivity index (χ4v) is 5.64. The summed E-state index contributed by atoms with van der Waals surface area (Å²) in [7, 11) is 1.71. The van der Waals surface area contributed by atoms with Crippen LogP contribution in [0.4, 0.5) is 0 Å². The maximum atomic E-state index is 12.7. The molecule has 286 valence electrons. The highest BCUT2D eigenvalue weighted by Crippen LogP contribution is 2.18. The number of hydrogen-bond donors (Lipinski definition) is 0. The van der Waals surface area contributed by atoms with Crippen molar-refractivity contribution in [3.63, 3.8) is 0 Å². The molecular weight excluding hydrogens is 604 g/mol. The van der Waals surface area contributed by atoms with E-state index in [1.807, 2.05) is 27.7 Å². The van der Waals surface area contributed by atoms with E-state index in [0.717, 1.165) is 44.9 Å². The van der Waals surface area contributed by atoms with Crippen molar-refractivity contribution in [2.75, 3.05) is 33.5 Å². The van der Waals surface area contributed by atoms with Gasteiger partial charge in [0, 0.05) is 20.0 Å². The molecule has 1 atom stereocenters. The van der Waals surface area contributed by atoms with Crippen LogP contribution in [-0.2, 0) is 33.3 Å². The van der Waals surface area contributed by atoms with Gasteiger partial charge in [0.25, 0.3) is 0 Å². The second kappa shape index (κ2) is 31.8. The fourth-order valence-electron chi connectivity index (χ4n) is 5.64.